The number of hydrogen-bond acceptors (Lipinski definition) is 3. The molecule has 0 N–H and O–H groups in total. The quantitative estimate of drug-likeness (QED) is 0.452. The number of benzene rings is 2. The average molecular weight is 448 g/mol. The van der Waals surface area contributed by atoms with Gasteiger partial charge < -0.3 is 9.22 Å². The van der Waals surface area contributed by atoms with E-state index in [0.29, 0.717) is 5.92 Å². The van der Waals surface area contributed by atoms with Gasteiger partial charge in [0.05, 0.1) is 19.6 Å². The van der Waals surface area contributed by atoms with Crippen LogP contribution in [0.4, 0.5) is 0 Å². The highest BCUT2D eigenvalue weighted by molar-refractivity contribution is 5.82. The molecule has 4 aliphatic rings. The molecule has 4 nitrogen and oxygen atoms in total. The summed E-state index contributed by atoms with van der Waals surface area (Å²) < 4.78 is 7.59. The van der Waals surface area contributed by atoms with E-state index < -0.39 is 5.54 Å². The third-order valence-corrected chi connectivity index (χ3v) is 8.74. The Bertz CT molecular complexity index is 917. The van der Waals surface area contributed by atoms with E-state index in [9.17, 15) is 4.79 Å². The number of esters is 1. The molecule has 0 aromatic heterocycles. The van der Waals surface area contributed by atoms with E-state index in [-0.39, 0.29) is 12.1 Å². The Morgan fingerprint density at radius 1 is 0.970 bits per heavy atom. The molecule has 0 aliphatic carbocycles. The number of rotatable bonds is 7. The fraction of sp³-hybridized carbons (Fsp3) is 0.552. The van der Waals surface area contributed by atoms with Gasteiger partial charge >= 0.3 is 5.97 Å². The molecule has 176 valence electrons. The van der Waals surface area contributed by atoms with Crippen LogP contribution in [-0.4, -0.2) is 60.7 Å². The lowest BCUT2D eigenvalue weighted by Gasteiger charge is -2.53. The number of nitrogens with zero attached hydrogens (tertiary/aromatic N) is 2. The highest BCUT2D eigenvalue weighted by Crippen LogP contribution is 2.38. The van der Waals surface area contributed by atoms with Gasteiger partial charge in [-0.15, -0.1) is 0 Å². The van der Waals surface area contributed by atoms with Gasteiger partial charge in [-0.25, -0.2) is 4.79 Å². The lowest BCUT2D eigenvalue weighted by atomic mass is 9.82. The maximum atomic E-state index is 13.9. The summed E-state index contributed by atoms with van der Waals surface area (Å²) in [5.74, 6) is 0.475. The molecule has 6 rings (SSSR count). The van der Waals surface area contributed by atoms with Crippen molar-refractivity contribution in [2.45, 2.75) is 57.1 Å². The maximum Gasteiger partial charge on any atom is 0.331 e. The topological polar surface area (TPSA) is 29.5 Å². The molecule has 0 unspecified atom stereocenters. The fourth-order valence-electron chi connectivity index (χ4n) is 6.47. The molecule has 2 aromatic carbocycles. The van der Waals surface area contributed by atoms with E-state index in [2.05, 4.69) is 54.3 Å². The van der Waals surface area contributed by atoms with Gasteiger partial charge in [-0.1, -0.05) is 67.1 Å². The first-order valence-corrected chi connectivity index (χ1v) is 13.0. The van der Waals surface area contributed by atoms with E-state index in [0.717, 1.165) is 55.5 Å². The molecule has 2 aromatic rings. The molecule has 2 bridgehead atoms. The summed E-state index contributed by atoms with van der Waals surface area (Å²) in [5.41, 5.74) is 1.77. The van der Waals surface area contributed by atoms with Crippen LogP contribution in [0.25, 0.3) is 0 Å². The van der Waals surface area contributed by atoms with Crippen LogP contribution in [0, 0.1) is 5.92 Å². The zero-order valence-electron chi connectivity index (χ0n) is 20.1. The predicted molar refractivity (Wildman–Crippen MR) is 132 cm³/mol. The molecule has 4 fully saturated rings. The molecular formula is C29H39N2O2+. The summed E-state index contributed by atoms with van der Waals surface area (Å²) >= 11 is 0. The normalized spacial score (nSPS) is 29.4. The number of likely N-dealkylation sites (tertiary alicyclic amines) is 1. The van der Waals surface area contributed by atoms with Crippen molar-refractivity contribution in [1.82, 2.24) is 4.90 Å². The van der Waals surface area contributed by atoms with Crippen molar-refractivity contribution in [3.05, 3.63) is 71.8 Å². The molecule has 0 radical (unpaired) electrons. The van der Waals surface area contributed by atoms with Gasteiger partial charge in [-0.05, 0) is 44.0 Å². The van der Waals surface area contributed by atoms with Crippen LogP contribution in [0.3, 0.4) is 0 Å². The molecule has 0 spiro atoms. The highest BCUT2D eigenvalue weighted by Gasteiger charge is 2.50. The average Bonchev–Trinajstić information content (AvgIpc) is 2.89. The first-order valence-electron chi connectivity index (χ1n) is 13.0. The lowest BCUT2D eigenvalue weighted by molar-refractivity contribution is -0.946. The van der Waals surface area contributed by atoms with Crippen LogP contribution in [-0.2, 0) is 21.5 Å². The molecule has 2 atom stereocenters. The molecule has 4 aliphatic heterocycles. The van der Waals surface area contributed by atoms with Crippen LogP contribution in [0.15, 0.2) is 60.7 Å². The van der Waals surface area contributed by atoms with Gasteiger partial charge in [0.25, 0.3) is 0 Å². The number of hydrogen-bond donors (Lipinski definition) is 0. The Kier molecular flexibility index (Phi) is 6.58. The largest absolute Gasteiger partial charge is 0.454 e. The minimum atomic E-state index is -0.706. The van der Waals surface area contributed by atoms with Crippen molar-refractivity contribution in [1.29, 1.82) is 0 Å². The molecule has 0 saturated carbocycles. The maximum absolute atomic E-state index is 13.9. The van der Waals surface area contributed by atoms with Gasteiger partial charge in [0.1, 0.15) is 12.1 Å². The minimum absolute atomic E-state index is 0.0450. The standard InChI is InChI=1S/C29H39N2O2/c1-29(26-13-7-3-8-14-26,30-18-9-4-10-19-30)28(32)33-27-23-31(21-16-25(27)17-22-31)20-15-24-11-5-2-6-12-24/h2-3,5-8,11-14,25,27H,4,9-10,15-23H2,1H3/q+1/t25?,27-,29+,31?/m1/s1. The van der Waals surface area contributed by atoms with Crippen molar-refractivity contribution in [3.63, 3.8) is 0 Å². The van der Waals surface area contributed by atoms with Crippen molar-refractivity contribution < 1.29 is 14.0 Å². The number of carbonyl (C=O) groups is 1. The van der Waals surface area contributed by atoms with E-state index in [1.54, 1.807) is 0 Å². The minimum Gasteiger partial charge on any atom is -0.454 e. The molecule has 0 amide bonds. The van der Waals surface area contributed by atoms with Gasteiger partial charge in [-0.3, -0.25) is 4.90 Å². The molecule has 4 heteroatoms. The Balaban J connectivity index is 1.32. The zero-order chi connectivity index (χ0) is 22.7. The van der Waals surface area contributed by atoms with Gasteiger partial charge in [-0.2, -0.15) is 0 Å². The Hall–Kier alpha value is -2.17. The van der Waals surface area contributed by atoms with Crippen LogP contribution < -0.4 is 0 Å². The van der Waals surface area contributed by atoms with Gasteiger partial charge in [0.2, 0.25) is 0 Å². The Morgan fingerprint density at radius 3 is 2.27 bits per heavy atom. The SMILES string of the molecule is C[C@@](C(=O)O[C@@H]1C[N+]2(CCc3ccccc3)CCC1CC2)(c1ccccc1)N1CCCCC1. The highest BCUT2D eigenvalue weighted by atomic mass is 16.5. The second-order valence-electron chi connectivity index (χ2n) is 10.7. The molecule has 33 heavy (non-hydrogen) atoms. The summed E-state index contributed by atoms with van der Waals surface area (Å²) in [5, 5.41) is 0. The number of carbonyl (C=O) groups excluding carboxylic acids is 1. The third kappa shape index (κ3) is 4.61. The monoisotopic (exact) mass is 447 g/mol. The summed E-state index contributed by atoms with van der Waals surface area (Å²) in [7, 11) is 0. The van der Waals surface area contributed by atoms with E-state index >= 15 is 0 Å². The van der Waals surface area contributed by atoms with Gasteiger partial charge in [0.15, 0.2) is 6.10 Å². The van der Waals surface area contributed by atoms with Crippen molar-refractivity contribution >= 4 is 5.97 Å². The summed E-state index contributed by atoms with van der Waals surface area (Å²) in [4.78, 5) is 16.3. The summed E-state index contributed by atoms with van der Waals surface area (Å²) in [6, 6.07) is 21.1. The van der Waals surface area contributed by atoms with Crippen LogP contribution in [0.5, 0.6) is 0 Å². The van der Waals surface area contributed by atoms with Gasteiger partial charge in [0, 0.05) is 25.2 Å². The second-order valence-corrected chi connectivity index (χ2v) is 10.7. The van der Waals surface area contributed by atoms with Crippen LogP contribution >= 0.6 is 0 Å². The van der Waals surface area contributed by atoms with E-state index in [1.807, 2.05) is 18.2 Å². The summed E-state index contributed by atoms with van der Waals surface area (Å²) in [6.45, 7) is 8.61. The van der Waals surface area contributed by atoms with Crippen molar-refractivity contribution in [2.24, 2.45) is 5.92 Å². The number of ether oxygens (including phenoxy) is 1. The number of fused-ring (bicyclic) bond motifs is 3. The fourth-order valence-corrected chi connectivity index (χ4v) is 6.47. The second kappa shape index (κ2) is 9.60. The lowest BCUT2D eigenvalue weighted by Crippen LogP contribution is -2.65. The zero-order valence-corrected chi connectivity index (χ0v) is 20.1. The smallest absolute Gasteiger partial charge is 0.331 e. The Morgan fingerprint density at radius 2 is 1.61 bits per heavy atom. The number of quaternary nitrogens is 1. The Labute approximate surface area is 199 Å². The first kappa shape index (κ1) is 22.6. The summed E-state index contributed by atoms with van der Waals surface area (Å²) in [6.07, 6.45) is 7.06. The van der Waals surface area contributed by atoms with Crippen molar-refractivity contribution in [3.8, 4) is 0 Å². The van der Waals surface area contributed by atoms with Crippen LogP contribution in [0.1, 0.15) is 50.2 Å². The van der Waals surface area contributed by atoms with E-state index in [1.165, 1.54) is 37.9 Å². The molecule has 4 saturated heterocycles. The number of piperidine rings is 4. The van der Waals surface area contributed by atoms with E-state index in [4.69, 9.17) is 4.74 Å². The molecule has 4 heterocycles. The van der Waals surface area contributed by atoms with Crippen molar-refractivity contribution in [2.75, 3.05) is 39.3 Å². The van der Waals surface area contributed by atoms with Crippen LogP contribution in [0.2, 0.25) is 0 Å². The third-order valence-electron chi connectivity index (χ3n) is 8.74. The predicted octanol–water partition coefficient (Wildman–Crippen LogP) is 4.78. The first-order chi connectivity index (χ1) is 16.1. The molecular weight excluding hydrogens is 408 g/mol.